The molecule has 0 aliphatic rings. The largest absolute Gasteiger partial charge is 0.478 e. The fraction of sp³-hybridized carbons (Fsp3) is 0.136. The molecule has 3 aromatic carbocycles. The van der Waals surface area contributed by atoms with Gasteiger partial charge in [0.1, 0.15) is 0 Å². The molecule has 0 unspecified atom stereocenters. The zero-order valence-corrected chi connectivity index (χ0v) is 14.3. The van der Waals surface area contributed by atoms with E-state index in [2.05, 4.69) is 55.5 Å². The number of aromatic carboxylic acids is 1. The third-order valence-electron chi connectivity index (χ3n) is 3.84. The van der Waals surface area contributed by atoms with E-state index in [4.69, 9.17) is 5.11 Å². The number of aryl methyl sites for hydroxylation is 3. The summed E-state index contributed by atoms with van der Waals surface area (Å²) in [6, 6.07) is 24.2. The first-order valence-corrected chi connectivity index (χ1v) is 7.90. The minimum Gasteiger partial charge on any atom is -0.478 e. The second kappa shape index (κ2) is 8.11. The maximum absolute atomic E-state index is 10.5. The van der Waals surface area contributed by atoms with Crippen LogP contribution >= 0.6 is 0 Å². The number of hydrogen-bond acceptors (Lipinski definition) is 1. The van der Waals surface area contributed by atoms with Crippen LogP contribution in [-0.2, 0) is 0 Å². The van der Waals surface area contributed by atoms with Crippen molar-refractivity contribution in [3.05, 3.63) is 95.1 Å². The Morgan fingerprint density at radius 3 is 1.96 bits per heavy atom. The van der Waals surface area contributed by atoms with Gasteiger partial charge in [0.25, 0.3) is 0 Å². The van der Waals surface area contributed by atoms with Crippen molar-refractivity contribution in [3.63, 3.8) is 0 Å². The van der Waals surface area contributed by atoms with Gasteiger partial charge in [-0.25, -0.2) is 4.79 Å². The van der Waals surface area contributed by atoms with Gasteiger partial charge in [0.15, 0.2) is 0 Å². The highest BCUT2D eigenvalue weighted by molar-refractivity contribution is 5.89. The van der Waals surface area contributed by atoms with Crippen LogP contribution in [0.5, 0.6) is 0 Å². The zero-order valence-electron chi connectivity index (χ0n) is 14.3. The summed E-state index contributed by atoms with van der Waals surface area (Å²) in [6.07, 6.45) is 0. The third kappa shape index (κ3) is 4.56. The van der Waals surface area contributed by atoms with E-state index in [9.17, 15) is 4.79 Å². The van der Waals surface area contributed by atoms with Gasteiger partial charge in [0, 0.05) is 0 Å². The molecule has 24 heavy (non-hydrogen) atoms. The van der Waals surface area contributed by atoms with Gasteiger partial charge < -0.3 is 5.11 Å². The van der Waals surface area contributed by atoms with E-state index in [0.29, 0.717) is 5.56 Å². The van der Waals surface area contributed by atoms with Crippen LogP contribution in [0.25, 0.3) is 11.1 Å². The Balaban J connectivity index is 0.000000177. The average molecular weight is 318 g/mol. The molecule has 0 atom stereocenters. The van der Waals surface area contributed by atoms with E-state index in [1.807, 2.05) is 19.1 Å². The fourth-order valence-electron chi connectivity index (χ4n) is 2.57. The first-order chi connectivity index (χ1) is 11.5. The molecule has 3 rings (SSSR count). The summed E-state index contributed by atoms with van der Waals surface area (Å²) in [7, 11) is 0. The first kappa shape index (κ1) is 17.5. The molecular formula is C22H22O2. The fourth-order valence-corrected chi connectivity index (χ4v) is 2.57. The smallest absolute Gasteiger partial charge is 0.335 e. The Kier molecular flexibility index (Phi) is 5.91. The monoisotopic (exact) mass is 318 g/mol. The molecule has 0 aliphatic carbocycles. The Morgan fingerprint density at radius 2 is 1.38 bits per heavy atom. The van der Waals surface area contributed by atoms with Crippen molar-refractivity contribution in [2.75, 3.05) is 0 Å². The van der Waals surface area contributed by atoms with Crippen LogP contribution in [0.4, 0.5) is 0 Å². The van der Waals surface area contributed by atoms with Crippen molar-refractivity contribution in [3.8, 4) is 11.1 Å². The summed E-state index contributed by atoms with van der Waals surface area (Å²) in [5.41, 5.74) is 6.23. The van der Waals surface area contributed by atoms with Gasteiger partial charge in [0.05, 0.1) is 5.56 Å². The van der Waals surface area contributed by atoms with E-state index >= 15 is 0 Å². The molecule has 0 fully saturated rings. The lowest BCUT2D eigenvalue weighted by Crippen LogP contribution is -1.99. The minimum atomic E-state index is -0.859. The number of carboxylic acids is 1. The number of benzene rings is 3. The molecule has 0 spiro atoms. The maximum Gasteiger partial charge on any atom is 0.335 e. The van der Waals surface area contributed by atoms with Crippen LogP contribution < -0.4 is 0 Å². The number of rotatable bonds is 2. The molecule has 2 heteroatoms. The lowest BCUT2D eigenvalue weighted by atomic mass is 10.0. The SMILES string of the molecule is Cc1ccc(C(=O)O)c(C)c1.Cc1ccccc1-c1ccccc1. The van der Waals surface area contributed by atoms with Gasteiger partial charge in [-0.1, -0.05) is 72.3 Å². The summed E-state index contributed by atoms with van der Waals surface area (Å²) in [5, 5.41) is 8.66. The zero-order chi connectivity index (χ0) is 17.5. The van der Waals surface area contributed by atoms with Gasteiger partial charge >= 0.3 is 5.97 Å². The van der Waals surface area contributed by atoms with Crippen LogP contribution in [0, 0.1) is 20.8 Å². The summed E-state index contributed by atoms with van der Waals surface area (Å²) in [4.78, 5) is 10.5. The van der Waals surface area contributed by atoms with Crippen LogP contribution in [0.15, 0.2) is 72.8 Å². The Labute approximate surface area is 143 Å². The van der Waals surface area contributed by atoms with Crippen molar-refractivity contribution >= 4 is 5.97 Å². The number of carboxylic acid groups (broad SMARTS) is 1. The topological polar surface area (TPSA) is 37.3 Å². The molecular weight excluding hydrogens is 296 g/mol. The molecule has 0 heterocycles. The van der Waals surface area contributed by atoms with Crippen LogP contribution in [-0.4, -0.2) is 11.1 Å². The highest BCUT2D eigenvalue weighted by atomic mass is 16.4. The standard InChI is InChI=1S/C13H12.C9H10O2/c1-11-7-5-6-10-13(11)12-8-3-2-4-9-12;1-6-3-4-8(9(10)11)7(2)5-6/h2-10H,1H3;3-5H,1-2H3,(H,10,11). The lowest BCUT2D eigenvalue weighted by molar-refractivity contribution is 0.0696. The van der Waals surface area contributed by atoms with Crippen molar-refractivity contribution < 1.29 is 9.90 Å². The summed E-state index contributed by atoms with van der Waals surface area (Å²) in [5.74, 6) is -0.859. The molecule has 1 N–H and O–H groups in total. The van der Waals surface area contributed by atoms with E-state index in [1.165, 1.54) is 16.7 Å². The Hall–Kier alpha value is -2.87. The van der Waals surface area contributed by atoms with Gasteiger partial charge in [-0.3, -0.25) is 0 Å². The van der Waals surface area contributed by atoms with Crippen LogP contribution in [0.1, 0.15) is 27.0 Å². The first-order valence-electron chi connectivity index (χ1n) is 7.90. The van der Waals surface area contributed by atoms with E-state index in [1.54, 1.807) is 19.1 Å². The normalized spacial score (nSPS) is 9.79. The van der Waals surface area contributed by atoms with E-state index in [-0.39, 0.29) is 0 Å². The van der Waals surface area contributed by atoms with Gasteiger partial charge in [-0.2, -0.15) is 0 Å². The van der Waals surface area contributed by atoms with Gasteiger partial charge in [-0.05, 0) is 49.1 Å². The van der Waals surface area contributed by atoms with Crippen molar-refractivity contribution in [2.45, 2.75) is 20.8 Å². The minimum absolute atomic E-state index is 0.385. The third-order valence-corrected chi connectivity index (χ3v) is 3.84. The molecule has 0 saturated carbocycles. The lowest BCUT2D eigenvalue weighted by Gasteiger charge is -2.04. The molecule has 0 radical (unpaired) electrons. The molecule has 0 aromatic heterocycles. The van der Waals surface area contributed by atoms with Crippen molar-refractivity contribution in [2.24, 2.45) is 0 Å². The number of hydrogen-bond donors (Lipinski definition) is 1. The van der Waals surface area contributed by atoms with E-state index < -0.39 is 5.97 Å². The average Bonchev–Trinajstić information content (AvgIpc) is 2.56. The second-order valence-corrected chi connectivity index (χ2v) is 5.80. The van der Waals surface area contributed by atoms with E-state index in [0.717, 1.165) is 11.1 Å². The van der Waals surface area contributed by atoms with Gasteiger partial charge in [-0.15, -0.1) is 0 Å². The molecule has 0 saturated heterocycles. The molecule has 3 aromatic rings. The molecule has 0 amide bonds. The number of carbonyl (C=O) groups is 1. The predicted molar refractivity (Wildman–Crippen MR) is 99.5 cm³/mol. The Bertz CT molecular complexity index is 820. The molecule has 0 bridgehead atoms. The highest BCUT2D eigenvalue weighted by Gasteiger charge is 2.04. The van der Waals surface area contributed by atoms with Crippen LogP contribution in [0.2, 0.25) is 0 Å². The Morgan fingerprint density at radius 1 is 0.750 bits per heavy atom. The summed E-state index contributed by atoms with van der Waals surface area (Å²) >= 11 is 0. The maximum atomic E-state index is 10.5. The quantitative estimate of drug-likeness (QED) is 0.661. The summed E-state index contributed by atoms with van der Waals surface area (Å²) < 4.78 is 0. The van der Waals surface area contributed by atoms with Gasteiger partial charge in [0.2, 0.25) is 0 Å². The second-order valence-electron chi connectivity index (χ2n) is 5.80. The highest BCUT2D eigenvalue weighted by Crippen LogP contribution is 2.21. The van der Waals surface area contributed by atoms with Crippen molar-refractivity contribution in [1.82, 2.24) is 0 Å². The summed E-state index contributed by atoms with van der Waals surface area (Å²) in [6.45, 7) is 5.89. The van der Waals surface area contributed by atoms with Crippen LogP contribution in [0.3, 0.4) is 0 Å². The predicted octanol–water partition coefficient (Wildman–Crippen LogP) is 5.66. The molecule has 122 valence electrons. The molecule has 0 aliphatic heterocycles. The van der Waals surface area contributed by atoms with Crippen molar-refractivity contribution in [1.29, 1.82) is 0 Å². The molecule has 2 nitrogen and oxygen atoms in total.